The average Bonchev–Trinajstić information content (AvgIpc) is 2.63. The van der Waals surface area contributed by atoms with Crippen molar-refractivity contribution in [1.82, 2.24) is 4.90 Å². The third-order valence-corrected chi connectivity index (χ3v) is 3.20. The summed E-state index contributed by atoms with van der Waals surface area (Å²) >= 11 is 0. The molecule has 0 bridgehead atoms. The molecule has 5 heteroatoms. The lowest BCUT2D eigenvalue weighted by Crippen LogP contribution is -2.53. The van der Waals surface area contributed by atoms with Crippen molar-refractivity contribution < 1.29 is 19.4 Å². The second-order valence-corrected chi connectivity index (χ2v) is 6.64. The van der Waals surface area contributed by atoms with Gasteiger partial charge in [-0.1, -0.05) is 24.8 Å². The zero-order chi connectivity index (χ0) is 16.3. The molecule has 1 N–H and O–H groups in total. The molecule has 0 spiro atoms. The van der Waals surface area contributed by atoms with Crippen LogP contribution in [0.15, 0.2) is 24.8 Å². The van der Waals surface area contributed by atoms with Gasteiger partial charge in [0.15, 0.2) is 0 Å². The molecule has 0 saturated carbocycles. The summed E-state index contributed by atoms with van der Waals surface area (Å²) in [6, 6.07) is -0.427. The number of hydrogen-bond acceptors (Lipinski definition) is 4. The van der Waals surface area contributed by atoms with Crippen molar-refractivity contribution in [1.29, 1.82) is 0 Å². The summed E-state index contributed by atoms with van der Waals surface area (Å²) in [7, 11) is 0. The van der Waals surface area contributed by atoms with Crippen LogP contribution in [-0.2, 0) is 9.47 Å². The van der Waals surface area contributed by atoms with Crippen LogP contribution in [0, 0.1) is 0 Å². The molecule has 1 fully saturated rings. The highest BCUT2D eigenvalue weighted by Crippen LogP contribution is 2.31. The molecule has 1 saturated heterocycles. The number of carbonyl (C=O) groups is 1. The van der Waals surface area contributed by atoms with Crippen LogP contribution in [0.25, 0.3) is 0 Å². The first-order chi connectivity index (χ1) is 9.58. The standard InChI is InChI=1S/C16H27NO4/c1-7-8-9-10-13(18)12-11-20-16(5,6)17(12)14(19)21-15(2,3)4/h7-9,12-13,18H,1,10-11H2,2-6H3/b9-8+/t12-,13-/m0/s1. The first-order valence-electron chi connectivity index (χ1n) is 7.20. The number of rotatable bonds is 4. The molecular formula is C16H27NO4. The number of nitrogens with zero attached hydrogens (tertiary/aromatic N) is 1. The molecule has 21 heavy (non-hydrogen) atoms. The van der Waals surface area contributed by atoms with Crippen LogP contribution >= 0.6 is 0 Å². The number of aliphatic hydroxyl groups is 1. The summed E-state index contributed by atoms with van der Waals surface area (Å²) in [6.45, 7) is 12.9. The number of ether oxygens (including phenoxy) is 2. The molecule has 1 aliphatic heterocycles. The van der Waals surface area contributed by atoms with E-state index in [1.165, 1.54) is 4.90 Å². The van der Waals surface area contributed by atoms with Gasteiger partial charge >= 0.3 is 6.09 Å². The summed E-state index contributed by atoms with van der Waals surface area (Å²) in [5.41, 5.74) is -1.38. The van der Waals surface area contributed by atoms with Crippen LogP contribution < -0.4 is 0 Å². The third-order valence-electron chi connectivity index (χ3n) is 3.20. The molecular weight excluding hydrogens is 270 g/mol. The van der Waals surface area contributed by atoms with Gasteiger partial charge in [-0.2, -0.15) is 0 Å². The van der Waals surface area contributed by atoms with Gasteiger partial charge in [-0.3, -0.25) is 4.90 Å². The highest BCUT2D eigenvalue weighted by atomic mass is 16.6. The van der Waals surface area contributed by atoms with Crippen molar-refractivity contribution in [2.45, 2.75) is 64.5 Å². The molecule has 5 nitrogen and oxygen atoms in total. The molecule has 1 heterocycles. The lowest BCUT2D eigenvalue weighted by molar-refractivity contribution is -0.0676. The molecule has 0 aromatic carbocycles. The second-order valence-electron chi connectivity index (χ2n) is 6.64. The lowest BCUT2D eigenvalue weighted by atomic mass is 10.1. The van der Waals surface area contributed by atoms with E-state index in [9.17, 15) is 9.90 Å². The topological polar surface area (TPSA) is 59.0 Å². The average molecular weight is 297 g/mol. The molecule has 0 aliphatic carbocycles. The fraction of sp³-hybridized carbons (Fsp3) is 0.688. The Morgan fingerprint density at radius 2 is 2.19 bits per heavy atom. The van der Waals surface area contributed by atoms with Crippen LogP contribution in [0.2, 0.25) is 0 Å². The molecule has 1 rings (SSSR count). The van der Waals surface area contributed by atoms with E-state index in [0.717, 1.165) is 0 Å². The lowest BCUT2D eigenvalue weighted by Gasteiger charge is -2.36. The maximum Gasteiger partial charge on any atom is 0.412 e. The summed E-state index contributed by atoms with van der Waals surface area (Å²) in [5, 5.41) is 10.3. The molecule has 1 amide bonds. The Hall–Kier alpha value is -1.33. The van der Waals surface area contributed by atoms with Gasteiger partial charge in [0.1, 0.15) is 11.3 Å². The monoisotopic (exact) mass is 297 g/mol. The Morgan fingerprint density at radius 3 is 2.71 bits per heavy atom. The van der Waals surface area contributed by atoms with Crippen molar-refractivity contribution in [3.05, 3.63) is 24.8 Å². The van der Waals surface area contributed by atoms with Gasteiger partial charge in [-0.05, 0) is 41.0 Å². The largest absolute Gasteiger partial charge is 0.444 e. The van der Waals surface area contributed by atoms with Crippen LogP contribution in [0.5, 0.6) is 0 Å². The van der Waals surface area contributed by atoms with Gasteiger partial charge in [0.25, 0.3) is 0 Å². The first-order valence-corrected chi connectivity index (χ1v) is 7.20. The number of carbonyl (C=O) groups excluding carboxylic acids is 1. The highest BCUT2D eigenvalue weighted by molar-refractivity contribution is 5.69. The van der Waals surface area contributed by atoms with Crippen LogP contribution in [0.1, 0.15) is 41.0 Å². The predicted octanol–water partition coefficient (Wildman–Crippen LogP) is 2.85. The quantitative estimate of drug-likeness (QED) is 0.811. The minimum Gasteiger partial charge on any atom is -0.444 e. The molecule has 0 unspecified atom stereocenters. The first kappa shape index (κ1) is 17.7. The van der Waals surface area contributed by atoms with Crippen LogP contribution in [0.4, 0.5) is 4.79 Å². The van der Waals surface area contributed by atoms with Crippen molar-refractivity contribution in [3.8, 4) is 0 Å². The summed E-state index contributed by atoms with van der Waals surface area (Å²) in [4.78, 5) is 13.9. The number of hydrogen-bond donors (Lipinski definition) is 1. The zero-order valence-corrected chi connectivity index (χ0v) is 13.6. The van der Waals surface area contributed by atoms with Gasteiger partial charge in [0.05, 0.1) is 18.8 Å². The molecule has 0 aromatic heterocycles. The molecule has 120 valence electrons. The number of allylic oxidation sites excluding steroid dienone is 2. The number of amides is 1. The van der Waals surface area contributed by atoms with Crippen LogP contribution in [0.3, 0.4) is 0 Å². The van der Waals surface area contributed by atoms with E-state index in [0.29, 0.717) is 6.42 Å². The highest BCUT2D eigenvalue weighted by Gasteiger charge is 2.48. The van der Waals surface area contributed by atoms with Crippen LogP contribution in [-0.4, -0.2) is 46.2 Å². The zero-order valence-electron chi connectivity index (χ0n) is 13.6. The third kappa shape index (κ3) is 4.86. The van der Waals surface area contributed by atoms with E-state index in [1.54, 1.807) is 26.0 Å². The molecule has 1 aliphatic rings. The van der Waals surface area contributed by atoms with Crippen molar-refractivity contribution >= 4 is 6.09 Å². The van der Waals surface area contributed by atoms with Crippen molar-refractivity contribution in [2.75, 3.05) is 6.61 Å². The molecule has 0 aromatic rings. The van der Waals surface area contributed by atoms with Gasteiger partial charge in [0, 0.05) is 0 Å². The summed E-state index contributed by atoms with van der Waals surface area (Å²) < 4.78 is 11.1. The fourth-order valence-electron chi connectivity index (χ4n) is 2.25. The maximum absolute atomic E-state index is 12.4. The maximum atomic E-state index is 12.4. The Labute approximate surface area is 127 Å². The Bertz CT molecular complexity index is 409. The van der Waals surface area contributed by atoms with E-state index >= 15 is 0 Å². The van der Waals surface area contributed by atoms with E-state index in [-0.39, 0.29) is 6.61 Å². The normalized spacial score (nSPS) is 23.3. The minimum atomic E-state index is -0.796. The van der Waals surface area contributed by atoms with E-state index in [2.05, 4.69) is 6.58 Å². The Balaban J connectivity index is 2.85. The van der Waals surface area contributed by atoms with Gasteiger partial charge in [-0.25, -0.2) is 4.79 Å². The Kier molecular flexibility index (Phi) is 5.59. The smallest absolute Gasteiger partial charge is 0.412 e. The second kappa shape index (κ2) is 6.62. The number of aliphatic hydroxyl groups excluding tert-OH is 1. The van der Waals surface area contributed by atoms with Crippen molar-refractivity contribution in [2.24, 2.45) is 0 Å². The molecule has 0 radical (unpaired) electrons. The van der Waals surface area contributed by atoms with E-state index in [4.69, 9.17) is 9.47 Å². The predicted molar refractivity (Wildman–Crippen MR) is 81.9 cm³/mol. The van der Waals surface area contributed by atoms with Gasteiger partial charge < -0.3 is 14.6 Å². The Morgan fingerprint density at radius 1 is 1.57 bits per heavy atom. The van der Waals surface area contributed by atoms with E-state index < -0.39 is 29.6 Å². The van der Waals surface area contributed by atoms with Gasteiger partial charge in [0.2, 0.25) is 0 Å². The van der Waals surface area contributed by atoms with Crippen molar-refractivity contribution in [3.63, 3.8) is 0 Å². The van der Waals surface area contributed by atoms with E-state index in [1.807, 2.05) is 26.8 Å². The SMILES string of the molecule is C=C/C=C/C[C@H](O)[C@@H]1COC(C)(C)N1C(=O)OC(C)(C)C. The van der Waals surface area contributed by atoms with Gasteiger partial charge in [-0.15, -0.1) is 0 Å². The summed E-state index contributed by atoms with van der Waals surface area (Å²) in [5.74, 6) is 0. The molecule has 2 atom stereocenters. The fourth-order valence-corrected chi connectivity index (χ4v) is 2.25. The summed E-state index contributed by atoms with van der Waals surface area (Å²) in [6.07, 6.45) is 4.47. The minimum absolute atomic E-state index is 0.287.